The zero-order valence-electron chi connectivity index (χ0n) is 18.3. The van der Waals surface area contributed by atoms with Crippen molar-refractivity contribution in [2.24, 2.45) is 11.8 Å². The zero-order chi connectivity index (χ0) is 22.2. The molecule has 2 heterocycles. The Morgan fingerprint density at radius 2 is 2.09 bits per heavy atom. The van der Waals surface area contributed by atoms with Crippen LogP contribution in [0, 0.1) is 17.7 Å². The Morgan fingerprint density at radius 1 is 1.28 bits per heavy atom. The number of anilines is 1. The van der Waals surface area contributed by atoms with Gasteiger partial charge in [0.1, 0.15) is 17.1 Å². The van der Waals surface area contributed by atoms with Crippen molar-refractivity contribution in [1.82, 2.24) is 4.90 Å². The number of nitrogens with zero attached hydrogens (tertiary/aromatic N) is 1. The molecule has 5 nitrogen and oxygen atoms in total. The summed E-state index contributed by atoms with van der Waals surface area (Å²) in [6.07, 6.45) is 4.15. The van der Waals surface area contributed by atoms with Crippen LogP contribution < -0.4 is 9.46 Å². The summed E-state index contributed by atoms with van der Waals surface area (Å²) in [4.78, 5) is 15.5. The summed E-state index contributed by atoms with van der Waals surface area (Å²) in [5.41, 5.74) is 2.70. The minimum Gasteiger partial charge on any atom is -0.492 e. The molecule has 3 aliphatic rings. The fraction of sp³-hybridized carbons (Fsp3) is 0.480. The number of benzene rings is 2. The third kappa shape index (κ3) is 4.33. The van der Waals surface area contributed by atoms with Crippen LogP contribution in [0.1, 0.15) is 53.6 Å². The van der Waals surface area contributed by atoms with Gasteiger partial charge < -0.3 is 19.5 Å². The van der Waals surface area contributed by atoms with Crippen LogP contribution in [0.25, 0.3) is 0 Å². The highest BCUT2D eigenvalue weighted by Gasteiger charge is 2.45. The number of carboxylic acids is 1. The molecule has 2 aromatic carbocycles. The molecule has 1 saturated heterocycles. The first-order chi connectivity index (χ1) is 15.5. The molecule has 0 spiro atoms. The third-order valence-electron chi connectivity index (χ3n) is 7.12. The fourth-order valence-electron chi connectivity index (χ4n) is 5.08. The molecule has 5 rings (SSSR count). The normalized spacial score (nSPS) is 22.6. The van der Waals surface area contributed by atoms with E-state index in [-0.39, 0.29) is 11.4 Å². The smallest absolute Gasteiger partial charge is 0.341 e. The highest BCUT2D eigenvalue weighted by Crippen LogP contribution is 2.55. The Bertz CT molecular complexity index is 1020. The predicted molar refractivity (Wildman–Crippen MR) is 124 cm³/mol. The van der Waals surface area contributed by atoms with Crippen LogP contribution in [0.2, 0.25) is 0 Å². The Balaban J connectivity index is 1.34. The van der Waals surface area contributed by atoms with Gasteiger partial charge in [-0.2, -0.15) is 0 Å². The number of fused-ring (bicyclic) bond motifs is 3. The lowest BCUT2D eigenvalue weighted by Gasteiger charge is -2.31. The van der Waals surface area contributed by atoms with E-state index in [2.05, 4.69) is 16.5 Å². The summed E-state index contributed by atoms with van der Waals surface area (Å²) in [5.74, 6) is 0.777. The van der Waals surface area contributed by atoms with Crippen molar-refractivity contribution in [3.8, 4) is 5.75 Å². The minimum atomic E-state index is -0.994. The monoisotopic (exact) mass is 456 g/mol. The second kappa shape index (κ2) is 8.94. The largest absolute Gasteiger partial charge is 0.492 e. The summed E-state index contributed by atoms with van der Waals surface area (Å²) in [6, 6.07) is 8.70. The highest BCUT2D eigenvalue weighted by atomic mass is 32.2. The molecule has 7 heteroatoms. The van der Waals surface area contributed by atoms with Crippen molar-refractivity contribution in [3.05, 3.63) is 52.8 Å². The van der Waals surface area contributed by atoms with Gasteiger partial charge in [-0.3, -0.25) is 0 Å². The quantitative estimate of drug-likeness (QED) is 0.543. The first kappa shape index (κ1) is 21.6. The van der Waals surface area contributed by atoms with Crippen molar-refractivity contribution in [3.63, 3.8) is 0 Å². The number of piperidine rings is 1. The molecular weight excluding hydrogens is 427 g/mol. The van der Waals surface area contributed by atoms with E-state index in [4.69, 9.17) is 4.74 Å². The lowest BCUT2D eigenvalue weighted by molar-refractivity contribution is 0.0692. The number of ether oxygens (including phenoxy) is 1. The third-order valence-corrected chi connectivity index (χ3v) is 8.06. The Morgan fingerprint density at radius 3 is 2.84 bits per heavy atom. The molecule has 2 aliphatic heterocycles. The molecule has 0 amide bonds. The number of hydrogen-bond acceptors (Lipinski definition) is 5. The number of aromatic carboxylic acids is 1. The Kier molecular flexibility index (Phi) is 6.03. The zero-order valence-corrected chi connectivity index (χ0v) is 19.1. The van der Waals surface area contributed by atoms with Gasteiger partial charge in [0.15, 0.2) is 0 Å². The first-order valence-corrected chi connectivity index (χ1v) is 12.3. The minimum absolute atomic E-state index is 0.191. The molecular formula is C25H29FN2O3S. The second-order valence-corrected chi connectivity index (χ2v) is 10.0. The van der Waals surface area contributed by atoms with Gasteiger partial charge in [0.2, 0.25) is 0 Å². The van der Waals surface area contributed by atoms with Gasteiger partial charge in [0, 0.05) is 10.8 Å². The van der Waals surface area contributed by atoms with Crippen molar-refractivity contribution in [1.29, 1.82) is 0 Å². The van der Waals surface area contributed by atoms with Gasteiger partial charge in [-0.05, 0) is 104 Å². The van der Waals surface area contributed by atoms with Crippen molar-refractivity contribution in [2.45, 2.75) is 43.4 Å². The van der Waals surface area contributed by atoms with E-state index in [1.807, 2.05) is 12.1 Å². The van der Waals surface area contributed by atoms with Crippen LogP contribution in [-0.4, -0.2) is 42.2 Å². The molecule has 0 radical (unpaired) electrons. The molecule has 0 bridgehead atoms. The molecule has 0 aromatic heterocycles. The fourth-order valence-corrected chi connectivity index (χ4v) is 5.88. The van der Waals surface area contributed by atoms with Crippen LogP contribution in [0.4, 0.5) is 10.1 Å². The number of hydrogen-bond donors (Lipinski definition) is 2. The number of likely N-dealkylation sites (tertiary alicyclic amines) is 1. The molecule has 1 saturated carbocycles. The van der Waals surface area contributed by atoms with Gasteiger partial charge in [0.05, 0.1) is 12.3 Å². The van der Waals surface area contributed by atoms with E-state index >= 15 is 0 Å². The lowest BCUT2D eigenvalue weighted by atomic mass is 9.90. The van der Waals surface area contributed by atoms with E-state index in [1.165, 1.54) is 18.0 Å². The Hall–Kier alpha value is -2.25. The SMILES string of the molecule is CCN1CCC(Cc2cc(F)ccc2SNc2ccc3c(c2C(=O)O)OCC2CC32)CC1. The van der Waals surface area contributed by atoms with Crippen LogP contribution in [0.15, 0.2) is 35.2 Å². The van der Waals surface area contributed by atoms with E-state index in [9.17, 15) is 14.3 Å². The van der Waals surface area contributed by atoms with Gasteiger partial charge in [-0.1, -0.05) is 13.0 Å². The summed E-state index contributed by atoms with van der Waals surface area (Å²) in [6.45, 7) is 6.04. The van der Waals surface area contributed by atoms with Crippen LogP contribution in [0.3, 0.4) is 0 Å². The topological polar surface area (TPSA) is 61.8 Å². The first-order valence-electron chi connectivity index (χ1n) is 11.5. The second-order valence-electron chi connectivity index (χ2n) is 9.16. The summed E-state index contributed by atoms with van der Waals surface area (Å²) >= 11 is 1.35. The molecule has 2 atom stereocenters. The maximum Gasteiger partial charge on any atom is 0.341 e. The van der Waals surface area contributed by atoms with Gasteiger partial charge in [-0.15, -0.1) is 0 Å². The standard InChI is InChI=1S/C25H29FN2O3S/c1-2-28-9-7-15(8-10-28)11-16-12-18(26)3-6-22(16)32-27-21-5-4-19-20-13-17(20)14-31-24(19)23(21)25(29)30/h3-6,12,15,17,20,27H,2,7-11,13-14H2,1H3,(H,29,30). The molecule has 2 N–H and O–H groups in total. The van der Waals surface area contributed by atoms with Crippen molar-refractivity contribution in [2.75, 3.05) is 31.0 Å². The van der Waals surface area contributed by atoms with Crippen LogP contribution >= 0.6 is 11.9 Å². The lowest BCUT2D eigenvalue weighted by Crippen LogP contribution is -2.34. The van der Waals surface area contributed by atoms with E-state index in [1.54, 1.807) is 12.1 Å². The van der Waals surface area contributed by atoms with Crippen LogP contribution in [-0.2, 0) is 6.42 Å². The number of nitrogens with one attached hydrogen (secondary N) is 1. The predicted octanol–water partition coefficient (Wildman–Crippen LogP) is 5.41. The van der Waals surface area contributed by atoms with Crippen molar-refractivity contribution < 1.29 is 19.0 Å². The number of carboxylic acid groups (broad SMARTS) is 1. The maximum absolute atomic E-state index is 14.0. The highest BCUT2D eigenvalue weighted by molar-refractivity contribution is 8.00. The van der Waals surface area contributed by atoms with Crippen LogP contribution in [0.5, 0.6) is 5.75 Å². The van der Waals surface area contributed by atoms with E-state index < -0.39 is 5.97 Å². The molecule has 1 aliphatic carbocycles. The number of carbonyl (C=O) groups is 1. The van der Waals surface area contributed by atoms with Crippen molar-refractivity contribution >= 4 is 23.6 Å². The summed E-state index contributed by atoms with van der Waals surface area (Å²) in [7, 11) is 0. The van der Waals surface area contributed by atoms with Gasteiger partial charge in [0.25, 0.3) is 0 Å². The summed E-state index contributed by atoms with van der Waals surface area (Å²) < 4.78 is 23.1. The molecule has 32 heavy (non-hydrogen) atoms. The average molecular weight is 457 g/mol. The average Bonchev–Trinajstić information content (AvgIpc) is 3.59. The molecule has 2 fully saturated rings. The van der Waals surface area contributed by atoms with Gasteiger partial charge in [-0.25, -0.2) is 9.18 Å². The maximum atomic E-state index is 14.0. The number of rotatable bonds is 7. The Labute approximate surface area is 192 Å². The van der Waals surface area contributed by atoms with Gasteiger partial charge >= 0.3 is 5.97 Å². The molecule has 170 valence electrons. The number of halogens is 1. The molecule has 2 unspecified atom stereocenters. The van der Waals surface area contributed by atoms with E-state index in [0.717, 1.165) is 61.3 Å². The summed E-state index contributed by atoms with van der Waals surface area (Å²) in [5, 5.41) is 9.88. The van der Waals surface area contributed by atoms with E-state index in [0.29, 0.717) is 35.8 Å². The molecule has 2 aromatic rings.